The fourth-order valence-electron chi connectivity index (χ4n) is 0. The van der Waals surface area contributed by atoms with E-state index in [1.54, 1.807) is 0 Å². The van der Waals surface area contributed by atoms with Gasteiger partial charge in [0.1, 0.15) is 0 Å². The molecular weight excluding hydrogens is 382 g/mol. The normalized spacial score (nSPS) is 9.83. The van der Waals surface area contributed by atoms with Crippen molar-refractivity contribution >= 4 is 73.0 Å². The van der Waals surface area contributed by atoms with E-state index in [0.29, 0.717) is 0 Å². The third kappa shape index (κ3) is 219. The Hall–Kier alpha value is 2.88. The van der Waals surface area contributed by atoms with Crippen LogP contribution in [0, 0.1) is 0 Å². The molecule has 0 rings (SSSR count). The fraction of sp³-hybridized carbons (Fsp3) is 0. The van der Waals surface area contributed by atoms with E-state index in [0.717, 1.165) is 0 Å². The molecule has 0 saturated heterocycles. The Balaban J connectivity index is -0.0000000457. The van der Waals surface area contributed by atoms with Crippen molar-refractivity contribution in [3.8, 4) is 0 Å². The van der Waals surface area contributed by atoms with Gasteiger partial charge in [-0.05, 0) is 0 Å². The van der Waals surface area contributed by atoms with Crippen LogP contribution in [-0.4, -0.2) is 0 Å². The molecule has 4 nitrogen and oxygen atoms in total. The SMILES string of the molecule is S.[Mo].[O-]P([O-])(=S)[S-].[O-]P([O-])(=S)[S-]. The van der Waals surface area contributed by atoms with Gasteiger partial charge in [-0.3, -0.25) is 0 Å². The summed E-state index contributed by atoms with van der Waals surface area (Å²) >= 11 is 14.6. The Morgan fingerprint density at radius 2 is 0.833 bits per heavy atom. The maximum atomic E-state index is 9.29. The van der Waals surface area contributed by atoms with Gasteiger partial charge in [0.05, 0.1) is 0 Å². The Labute approximate surface area is 113 Å². The van der Waals surface area contributed by atoms with E-state index in [4.69, 9.17) is 0 Å². The summed E-state index contributed by atoms with van der Waals surface area (Å²) in [5.74, 6) is 0. The third-order valence-corrected chi connectivity index (χ3v) is 0. The van der Waals surface area contributed by atoms with Crippen LogP contribution < -0.4 is 19.6 Å². The van der Waals surface area contributed by atoms with Gasteiger partial charge >= 0.3 is 0 Å². The summed E-state index contributed by atoms with van der Waals surface area (Å²) in [6.07, 6.45) is 0. The zero-order valence-corrected chi connectivity index (χ0v) is 13.1. The van der Waals surface area contributed by atoms with Gasteiger partial charge in [0, 0.05) is 21.1 Å². The predicted octanol–water partition coefficient (Wildman–Crippen LogP) is -2.93. The molecule has 12 heteroatoms. The molecule has 0 fully saturated rings. The summed E-state index contributed by atoms with van der Waals surface area (Å²) < 4.78 is 0. The van der Waals surface area contributed by atoms with Crippen LogP contribution in [0.1, 0.15) is 0 Å². The first-order chi connectivity index (χ1) is 4.00. The Morgan fingerprint density at radius 3 is 0.833 bits per heavy atom. The molecular formula is H2MoO4P2S5-6. The van der Waals surface area contributed by atoms with Crippen LogP contribution in [0.25, 0.3) is 0 Å². The molecule has 0 aromatic rings. The van der Waals surface area contributed by atoms with Gasteiger partial charge in [0.25, 0.3) is 0 Å². The summed E-state index contributed by atoms with van der Waals surface area (Å²) in [5, 5.41) is 0. The molecule has 0 amide bonds. The molecule has 0 N–H and O–H groups in total. The van der Waals surface area contributed by atoms with Crippen molar-refractivity contribution in [2.75, 3.05) is 0 Å². The van der Waals surface area contributed by atoms with Crippen molar-refractivity contribution in [2.45, 2.75) is 0 Å². The van der Waals surface area contributed by atoms with E-state index >= 15 is 0 Å². The van der Waals surface area contributed by atoms with Crippen LogP contribution in [0.15, 0.2) is 0 Å². The molecule has 0 bridgehead atoms. The summed E-state index contributed by atoms with van der Waals surface area (Å²) in [4.78, 5) is 37.2. The molecule has 0 aliphatic carbocycles. The zero-order chi connectivity index (χ0) is 9.00. The van der Waals surface area contributed by atoms with E-state index < -0.39 is 11.4 Å². The minimum Gasteiger partial charge on any atom is -0.850 e. The zero-order valence-electron chi connectivity index (χ0n) is 5.07. The first-order valence-electron chi connectivity index (χ1n) is 1.46. The van der Waals surface area contributed by atoms with Gasteiger partial charge in [-0.15, -0.1) is 0 Å². The van der Waals surface area contributed by atoms with E-state index in [1.807, 2.05) is 0 Å². The third-order valence-electron chi connectivity index (χ3n) is 0. The van der Waals surface area contributed by atoms with Crippen molar-refractivity contribution in [1.82, 2.24) is 0 Å². The minimum absolute atomic E-state index is 0. The van der Waals surface area contributed by atoms with Crippen LogP contribution in [0.3, 0.4) is 0 Å². The van der Waals surface area contributed by atoms with Crippen molar-refractivity contribution in [3.63, 3.8) is 0 Å². The fourth-order valence-corrected chi connectivity index (χ4v) is 0. The number of hydrogen-bond acceptors (Lipinski definition) is 8. The first-order valence-corrected chi connectivity index (χ1v) is 8.76. The van der Waals surface area contributed by atoms with Gasteiger partial charge in [-0.2, -0.15) is 37.1 Å². The number of rotatable bonds is 0. The van der Waals surface area contributed by atoms with Crippen LogP contribution in [-0.2, 0) is 69.2 Å². The topological polar surface area (TPSA) is 92.2 Å². The van der Waals surface area contributed by atoms with Crippen molar-refractivity contribution in [2.24, 2.45) is 0 Å². The molecule has 0 saturated carbocycles. The maximum absolute atomic E-state index is 9.29. The van der Waals surface area contributed by atoms with Crippen LogP contribution >= 0.6 is 24.9 Å². The van der Waals surface area contributed by atoms with Gasteiger partial charge in [-0.25, -0.2) is 0 Å². The van der Waals surface area contributed by atoms with Crippen molar-refractivity contribution in [3.05, 3.63) is 0 Å². The van der Waals surface area contributed by atoms with Gasteiger partial charge in [0.2, 0.25) is 0 Å². The molecule has 0 heterocycles. The molecule has 0 aromatic heterocycles. The maximum Gasteiger partial charge on any atom is 0 e. The standard InChI is InChI=1S/Mo.2H3O2PS2.H2S/c;2*1-3(2,4)5;/h;2*(H3,1,2,4,5);1H2/p-6. The first kappa shape index (κ1) is 24.2. The molecule has 78 valence electrons. The van der Waals surface area contributed by atoms with E-state index in [9.17, 15) is 19.6 Å². The van der Waals surface area contributed by atoms with Crippen molar-refractivity contribution in [1.29, 1.82) is 0 Å². The van der Waals surface area contributed by atoms with Crippen LogP contribution in [0.4, 0.5) is 0 Å². The van der Waals surface area contributed by atoms with Crippen LogP contribution in [0.2, 0.25) is 0 Å². The molecule has 0 unspecified atom stereocenters. The summed E-state index contributed by atoms with van der Waals surface area (Å²) in [6.45, 7) is 0. The predicted molar refractivity (Wildman–Crippen MR) is 53.7 cm³/mol. The molecule has 0 radical (unpaired) electrons. The summed E-state index contributed by atoms with van der Waals surface area (Å²) in [6, 6.07) is 0. The Bertz CT molecular complexity index is 134. The second kappa shape index (κ2) is 10.4. The minimum atomic E-state index is -3.72. The average molecular weight is 384 g/mol. The van der Waals surface area contributed by atoms with Gasteiger partial charge in [-0.1, -0.05) is 0 Å². The van der Waals surface area contributed by atoms with Gasteiger partial charge in [0.15, 0.2) is 0 Å². The smallest absolute Gasteiger partial charge is 0 e. The summed E-state index contributed by atoms with van der Waals surface area (Å²) in [7, 11) is 0. The molecule has 0 atom stereocenters. The number of hydrogen-bond donors (Lipinski definition) is 0. The Morgan fingerprint density at radius 1 is 0.833 bits per heavy atom. The second-order valence-electron chi connectivity index (χ2n) is 0.894. The Kier molecular flexibility index (Phi) is 21.0. The van der Waals surface area contributed by atoms with E-state index in [2.05, 4.69) is 48.1 Å². The van der Waals surface area contributed by atoms with Crippen molar-refractivity contribution < 1.29 is 40.6 Å². The summed E-state index contributed by atoms with van der Waals surface area (Å²) in [5.41, 5.74) is -7.44. The monoisotopic (exact) mass is 386 g/mol. The van der Waals surface area contributed by atoms with E-state index in [-0.39, 0.29) is 34.6 Å². The van der Waals surface area contributed by atoms with Crippen LogP contribution in [0.5, 0.6) is 0 Å². The largest absolute Gasteiger partial charge is 0.850 e. The molecule has 0 aromatic carbocycles. The molecule has 0 aliphatic heterocycles. The molecule has 0 aliphatic rings. The average Bonchev–Trinajstić information content (AvgIpc) is 1.12. The van der Waals surface area contributed by atoms with Gasteiger partial charge < -0.3 is 55.5 Å². The second-order valence-corrected chi connectivity index (χ2v) is 9.84. The quantitative estimate of drug-likeness (QED) is 0.249. The molecule has 0 spiro atoms. The van der Waals surface area contributed by atoms with E-state index in [1.165, 1.54) is 0 Å². The molecule has 12 heavy (non-hydrogen) atoms.